The highest BCUT2D eigenvalue weighted by Crippen LogP contribution is 2.40. The van der Waals surface area contributed by atoms with E-state index in [-0.39, 0.29) is 0 Å². The van der Waals surface area contributed by atoms with Crippen molar-refractivity contribution >= 4 is 5.97 Å². The lowest BCUT2D eigenvalue weighted by molar-refractivity contribution is -0.153. The highest BCUT2D eigenvalue weighted by atomic mass is 16.4. The van der Waals surface area contributed by atoms with Gasteiger partial charge in [-0.1, -0.05) is 26.7 Å². The SMILES string of the molecule is CCN(C)CC1(C(=O)O)CCCC(C)C1. The van der Waals surface area contributed by atoms with Gasteiger partial charge < -0.3 is 10.0 Å². The average molecular weight is 213 g/mol. The first-order valence-corrected chi connectivity index (χ1v) is 5.92. The summed E-state index contributed by atoms with van der Waals surface area (Å²) in [4.78, 5) is 13.6. The summed E-state index contributed by atoms with van der Waals surface area (Å²) < 4.78 is 0. The molecule has 0 saturated heterocycles. The molecule has 0 aromatic heterocycles. The summed E-state index contributed by atoms with van der Waals surface area (Å²) in [6, 6.07) is 0. The third-order valence-corrected chi connectivity index (χ3v) is 3.66. The lowest BCUT2D eigenvalue weighted by atomic mass is 9.70. The van der Waals surface area contributed by atoms with Crippen molar-refractivity contribution in [2.24, 2.45) is 11.3 Å². The largest absolute Gasteiger partial charge is 0.481 e. The summed E-state index contributed by atoms with van der Waals surface area (Å²) in [6.45, 7) is 5.86. The van der Waals surface area contributed by atoms with Crippen LogP contribution in [0.2, 0.25) is 0 Å². The van der Waals surface area contributed by atoms with Gasteiger partial charge in [0.1, 0.15) is 0 Å². The third-order valence-electron chi connectivity index (χ3n) is 3.66. The molecular weight excluding hydrogens is 190 g/mol. The molecule has 3 nitrogen and oxygen atoms in total. The minimum absolute atomic E-state index is 0.484. The van der Waals surface area contributed by atoms with Crippen molar-refractivity contribution in [1.82, 2.24) is 4.90 Å². The van der Waals surface area contributed by atoms with Gasteiger partial charge in [-0.2, -0.15) is 0 Å². The first kappa shape index (κ1) is 12.5. The van der Waals surface area contributed by atoms with E-state index in [2.05, 4.69) is 18.7 Å². The Hall–Kier alpha value is -0.570. The van der Waals surface area contributed by atoms with Gasteiger partial charge in [-0.05, 0) is 32.4 Å². The molecule has 1 saturated carbocycles. The lowest BCUT2D eigenvalue weighted by Crippen LogP contribution is -2.44. The second-order valence-electron chi connectivity index (χ2n) is 5.12. The molecule has 0 aromatic carbocycles. The van der Waals surface area contributed by atoms with Crippen molar-refractivity contribution in [2.75, 3.05) is 20.1 Å². The molecule has 0 bridgehead atoms. The van der Waals surface area contributed by atoms with E-state index in [1.165, 1.54) is 6.42 Å². The van der Waals surface area contributed by atoms with E-state index in [1.54, 1.807) is 0 Å². The monoisotopic (exact) mass is 213 g/mol. The van der Waals surface area contributed by atoms with Gasteiger partial charge in [0.15, 0.2) is 0 Å². The molecule has 3 heteroatoms. The predicted molar refractivity (Wildman–Crippen MR) is 60.9 cm³/mol. The second-order valence-corrected chi connectivity index (χ2v) is 5.12. The van der Waals surface area contributed by atoms with E-state index in [0.29, 0.717) is 12.5 Å². The van der Waals surface area contributed by atoms with Crippen LogP contribution in [-0.4, -0.2) is 36.1 Å². The Kier molecular flexibility index (Phi) is 4.14. The summed E-state index contributed by atoms with van der Waals surface area (Å²) in [5.41, 5.74) is -0.484. The van der Waals surface area contributed by atoms with Crippen LogP contribution >= 0.6 is 0 Å². The molecule has 0 heterocycles. The van der Waals surface area contributed by atoms with Gasteiger partial charge in [-0.3, -0.25) is 4.79 Å². The van der Waals surface area contributed by atoms with Crippen LogP contribution in [0.4, 0.5) is 0 Å². The normalized spacial score (nSPS) is 31.9. The fourth-order valence-corrected chi connectivity index (χ4v) is 2.69. The molecule has 0 amide bonds. The fraction of sp³-hybridized carbons (Fsp3) is 0.917. The van der Waals surface area contributed by atoms with Crippen molar-refractivity contribution in [2.45, 2.75) is 39.5 Å². The maximum atomic E-state index is 11.4. The number of rotatable bonds is 4. The zero-order valence-corrected chi connectivity index (χ0v) is 10.1. The number of hydrogen-bond acceptors (Lipinski definition) is 2. The molecule has 2 atom stereocenters. The summed E-state index contributed by atoms with van der Waals surface area (Å²) in [7, 11) is 2.00. The van der Waals surface area contributed by atoms with E-state index in [1.807, 2.05) is 7.05 Å². The molecule has 15 heavy (non-hydrogen) atoms. The van der Waals surface area contributed by atoms with Crippen molar-refractivity contribution in [3.05, 3.63) is 0 Å². The summed E-state index contributed by atoms with van der Waals surface area (Å²) in [5.74, 6) is -0.0468. The minimum Gasteiger partial charge on any atom is -0.481 e. The van der Waals surface area contributed by atoms with Gasteiger partial charge in [0.2, 0.25) is 0 Å². The van der Waals surface area contributed by atoms with Crippen molar-refractivity contribution in [1.29, 1.82) is 0 Å². The summed E-state index contributed by atoms with van der Waals surface area (Å²) >= 11 is 0. The Labute approximate surface area is 92.5 Å². The smallest absolute Gasteiger partial charge is 0.310 e. The molecule has 88 valence electrons. The van der Waals surface area contributed by atoms with E-state index in [9.17, 15) is 9.90 Å². The summed E-state index contributed by atoms with van der Waals surface area (Å²) in [6.07, 6.45) is 3.93. The Morgan fingerprint density at radius 3 is 2.73 bits per heavy atom. The predicted octanol–water partition coefficient (Wildman–Crippen LogP) is 2.22. The van der Waals surface area contributed by atoms with E-state index >= 15 is 0 Å². The van der Waals surface area contributed by atoms with Crippen LogP contribution in [-0.2, 0) is 4.79 Å². The van der Waals surface area contributed by atoms with Crippen LogP contribution < -0.4 is 0 Å². The van der Waals surface area contributed by atoms with E-state index in [0.717, 1.165) is 25.8 Å². The lowest BCUT2D eigenvalue weighted by Gasteiger charge is -2.38. The van der Waals surface area contributed by atoms with Crippen LogP contribution in [0.15, 0.2) is 0 Å². The van der Waals surface area contributed by atoms with Crippen LogP contribution in [0, 0.1) is 11.3 Å². The maximum Gasteiger partial charge on any atom is 0.310 e. The second kappa shape index (κ2) is 4.97. The third kappa shape index (κ3) is 2.94. The Balaban J connectivity index is 2.73. The van der Waals surface area contributed by atoms with Crippen LogP contribution in [0.3, 0.4) is 0 Å². The van der Waals surface area contributed by atoms with Gasteiger partial charge in [0.05, 0.1) is 5.41 Å². The first-order valence-electron chi connectivity index (χ1n) is 5.92. The number of nitrogens with zero attached hydrogens (tertiary/aromatic N) is 1. The van der Waals surface area contributed by atoms with Gasteiger partial charge in [0, 0.05) is 6.54 Å². The maximum absolute atomic E-state index is 11.4. The molecule has 0 spiro atoms. The van der Waals surface area contributed by atoms with Crippen LogP contribution in [0.5, 0.6) is 0 Å². The Morgan fingerprint density at radius 1 is 1.60 bits per heavy atom. The number of carbonyl (C=O) groups is 1. The van der Waals surface area contributed by atoms with E-state index < -0.39 is 11.4 Å². The molecule has 1 N–H and O–H groups in total. The zero-order chi connectivity index (χ0) is 11.5. The quantitative estimate of drug-likeness (QED) is 0.778. The molecule has 0 aromatic rings. The Morgan fingerprint density at radius 2 is 2.27 bits per heavy atom. The van der Waals surface area contributed by atoms with Gasteiger partial charge in [0.25, 0.3) is 0 Å². The molecule has 1 aliphatic rings. The molecule has 1 aliphatic carbocycles. The van der Waals surface area contributed by atoms with Gasteiger partial charge in [-0.25, -0.2) is 0 Å². The van der Waals surface area contributed by atoms with Crippen LogP contribution in [0.25, 0.3) is 0 Å². The minimum atomic E-state index is -0.602. The molecule has 0 radical (unpaired) electrons. The first-order chi connectivity index (χ1) is 7.00. The van der Waals surface area contributed by atoms with Crippen molar-refractivity contribution < 1.29 is 9.90 Å². The topological polar surface area (TPSA) is 40.5 Å². The molecule has 1 fully saturated rings. The van der Waals surface area contributed by atoms with Gasteiger partial charge >= 0.3 is 5.97 Å². The van der Waals surface area contributed by atoms with Crippen molar-refractivity contribution in [3.8, 4) is 0 Å². The molecule has 2 unspecified atom stereocenters. The molecule has 0 aliphatic heterocycles. The Bertz CT molecular complexity index is 230. The van der Waals surface area contributed by atoms with Gasteiger partial charge in [-0.15, -0.1) is 0 Å². The standard InChI is InChI=1S/C12H23NO2/c1-4-13(3)9-12(11(14)15)7-5-6-10(2)8-12/h10H,4-9H2,1-3H3,(H,14,15). The number of hydrogen-bond donors (Lipinski definition) is 1. The van der Waals surface area contributed by atoms with Crippen molar-refractivity contribution in [3.63, 3.8) is 0 Å². The molecule has 1 rings (SSSR count). The zero-order valence-electron chi connectivity index (χ0n) is 10.1. The summed E-state index contributed by atoms with van der Waals surface area (Å²) in [5, 5.41) is 9.42. The molecular formula is C12H23NO2. The number of carboxylic acids is 1. The van der Waals surface area contributed by atoms with Crippen LogP contribution in [0.1, 0.15) is 39.5 Å². The average Bonchev–Trinajstić information content (AvgIpc) is 2.17. The highest BCUT2D eigenvalue weighted by Gasteiger charge is 2.42. The van der Waals surface area contributed by atoms with E-state index in [4.69, 9.17) is 0 Å². The number of aliphatic carboxylic acids is 1. The highest BCUT2D eigenvalue weighted by molar-refractivity contribution is 5.75. The fourth-order valence-electron chi connectivity index (χ4n) is 2.69. The number of carboxylic acid groups (broad SMARTS) is 1.